The van der Waals surface area contributed by atoms with Gasteiger partial charge in [-0.3, -0.25) is 10.1 Å². The average Bonchev–Trinajstić information content (AvgIpc) is 2.86. The molecule has 1 aromatic heterocycles. The van der Waals surface area contributed by atoms with Crippen LogP contribution >= 0.6 is 0 Å². The molecular weight excluding hydrogens is 277 g/mol. The van der Waals surface area contributed by atoms with Gasteiger partial charge in [0.1, 0.15) is 11.5 Å². The number of benzene rings is 1. The van der Waals surface area contributed by atoms with Gasteiger partial charge in [-0.15, -0.1) is 5.10 Å². The van der Waals surface area contributed by atoms with Crippen molar-refractivity contribution in [3.05, 3.63) is 46.0 Å². The van der Waals surface area contributed by atoms with E-state index in [9.17, 15) is 14.5 Å². The SMILES string of the molecule is CC(C)CNCc1cn(-c2cc(F)ccc2[N+](=O)[O-])nn1. The Bertz CT molecular complexity index is 641. The first kappa shape index (κ1) is 15.0. The maximum Gasteiger partial charge on any atom is 0.295 e. The molecule has 2 aromatic rings. The van der Waals surface area contributed by atoms with Gasteiger partial charge in [-0.2, -0.15) is 0 Å². The molecule has 2 rings (SSSR count). The molecule has 0 bridgehead atoms. The van der Waals surface area contributed by atoms with Crippen molar-refractivity contribution in [2.45, 2.75) is 20.4 Å². The van der Waals surface area contributed by atoms with Crippen molar-refractivity contribution in [1.29, 1.82) is 0 Å². The van der Waals surface area contributed by atoms with E-state index in [0.29, 0.717) is 18.2 Å². The van der Waals surface area contributed by atoms with Gasteiger partial charge in [-0.1, -0.05) is 19.1 Å². The van der Waals surface area contributed by atoms with Gasteiger partial charge in [0.15, 0.2) is 0 Å². The highest BCUT2D eigenvalue weighted by atomic mass is 19.1. The number of halogens is 1. The average molecular weight is 293 g/mol. The zero-order valence-electron chi connectivity index (χ0n) is 11.8. The van der Waals surface area contributed by atoms with E-state index in [2.05, 4.69) is 29.5 Å². The molecule has 0 saturated heterocycles. The third kappa shape index (κ3) is 3.82. The van der Waals surface area contributed by atoms with Crippen LogP contribution in [0, 0.1) is 21.8 Å². The third-order valence-corrected chi connectivity index (χ3v) is 2.78. The second kappa shape index (κ2) is 6.40. The van der Waals surface area contributed by atoms with Crippen LogP contribution in [-0.4, -0.2) is 26.5 Å². The summed E-state index contributed by atoms with van der Waals surface area (Å²) in [5, 5.41) is 21.9. The largest absolute Gasteiger partial charge is 0.311 e. The molecular formula is C13H16FN5O2. The summed E-state index contributed by atoms with van der Waals surface area (Å²) in [7, 11) is 0. The summed E-state index contributed by atoms with van der Waals surface area (Å²) >= 11 is 0. The van der Waals surface area contributed by atoms with Crippen molar-refractivity contribution in [2.24, 2.45) is 5.92 Å². The summed E-state index contributed by atoms with van der Waals surface area (Å²) in [5.74, 6) is -0.0602. The van der Waals surface area contributed by atoms with E-state index in [4.69, 9.17) is 0 Å². The van der Waals surface area contributed by atoms with Crippen LogP contribution in [0.1, 0.15) is 19.5 Å². The Morgan fingerprint density at radius 1 is 1.48 bits per heavy atom. The Labute approximate surface area is 120 Å². The molecule has 0 fully saturated rings. The minimum absolute atomic E-state index is 0.0580. The van der Waals surface area contributed by atoms with E-state index in [1.54, 1.807) is 6.20 Å². The molecule has 1 N–H and O–H groups in total. The molecule has 0 atom stereocenters. The van der Waals surface area contributed by atoms with Gasteiger partial charge in [-0.05, 0) is 18.5 Å². The molecule has 0 aliphatic carbocycles. The highest BCUT2D eigenvalue weighted by Crippen LogP contribution is 2.22. The third-order valence-electron chi connectivity index (χ3n) is 2.78. The Balaban J connectivity index is 2.21. The number of hydrogen-bond donors (Lipinski definition) is 1. The van der Waals surface area contributed by atoms with Crippen LogP contribution in [-0.2, 0) is 6.54 Å². The van der Waals surface area contributed by atoms with E-state index in [1.165, 1.54) is 4.68 Å². The minimum atomic E-state index is -0.576. The first-order valence-electron chi connectivity index (χ1n) is 6.53. The van der Waals surface area contributed by atoms with Crippen LogP contribution in [0.25, 0.3) is 5.69 Å². The summed E-state index contributed by atoms with van der Waals surface area (Å²) in [5.41, 5.74) is 0.472. The normalized spacial score (nSPS) is 11.0. The monoisotopic (exact) mass is 293 g/mol. The Morgan fingerprint density at radius 3 is 2.90 bits per heavy atom. The molecule has 0 amide bonds. The molecule has 0 aliphatic heterocycles. The molecule has 7 nitrogen and oxygen atoms in total. The van der Waals surface area contributed by atoms with E-state index in [-0.39, 0.29) is 11.4 Å². The van der Waals surface area contributed by atoms with Gasteiger partial charge in [0, 0.05) is 18.7 Å². The van der Waals surface area contributed by atoms with Gasteiger partial charge < -0.3 is 5.32 Å². The maximum atomic E-state index is 13.3. The zero-order chi connectivity index (χ0) is 15.4. The molecule has 0 aliphatic rings. The summed E-state index contributed by atoms with van der Waals surface area (Å²) < 4.78 is 14.5. The lowest BCUT2D eigenvalue weighted by Crippen LogP contribution is -2.19. The van der Waals surface area contributed by atoms with Crippen LogP contribution < -0.4 is 5.32 Å². The number of rotatable bonds is 6. The smallest absolute Gasteiger partial charge is 0.295 e. The van der Waals surface area contributed by atoms with Crippen LogP contribution in [0.4, 0.5) is 10.1 Å². The summed E-state index contributed by atoms with van der Waals surface area (Å²) in [4.78, 5) is 10.4. The molecule has 1 heterocycles. The van der Waals surface area contributed by atoms with E-state index >= 15 is 0 Å². The van der Waals surface area contributed by atoms with Gasteiger partial charge in [-0.25, -0.2) is 9.07 Å². The number of nitro groups is 1. The van der Waals surface area contributed by atoms with Crippen molar-refractivity contribution >= 4 is 5.69 Å². The number of nitro benzene ring substituents is 1. The lowest BCUT2D eigenvalue weighted by Gasteiger charge is -2.04. The van der Waals surface area contributed by atoms with Gasteiger partial charge in [0.25, 0.3) is 5.69 Å². The Hall–Kier alpha value is -2.35. The quantitative estimate of drug-likeness (QED) is 0.651. The zero-order valence-corrected chi connectivity index (χ0v) is 11.8. The van der Waals surface area contributed by atoms with Crippen molar-refractivity contribution in [3.8, 4) is 5.69 Å². The predicted molar refractivity (Wildman–Crippen MR) is 74.5 cm³/mol. The summed E-state index contributed by atoms with van der Waals surface area (Å²) in [6, 6.07) is 3.23. The standard InChI is InChI=1S/C13H16FN5O2/c1-9(2)6-15-7-11-8-18(17-16-11)13-5-10(14)3-4-12(13)19(20)21/h3-5,8-9,15H,6-7H2,1-2H3. The lowest BCUT2D eigenvalue weighted by atomic mass is 10.2. The van der Waals surface area contributed by atoms with E-state index < -0.39 is 10.7 Å². The van der Waals surface area contributed by atoms with Crippen LogP contribution in [0.5, 0.6) is 0 Å². The molecule has 0 saturated carbocycles. The van der Waals surface area contributed by atoms with Crippen LogP contribution in [0.15, 0.2) is 24.4 Å². The number of aromatic nitrogens is 3. The molecule has 112 valence electrons. The second-order valence-corrected chi connectivity index (χ2v) is 5.07. The van der Waals surface area contributed by atoms with Crippen molar-refractivity contribution in [3.63, 3.8) is 0 Å². The summed E-state index contributed by atoms with van der Waals surface area (Å²) in [6.07, 6.45) is 1.55. The van der Waals surface area contributed by atoms with Crippen LogP contribution in [0.3, 0.4) is 0 Å². The number of nitrogens with one attached hydrogen (secondary N) is 1. The number of nitrogens with zero attached hydrogens (tertiary/aromatic N) is 4. The molecule has 8 heteroatoms. The molecule has 0 radical (unpaired) electrons. The van der Waals surface area contributed by atoms with Gasteiger partial charge >= 0.3 is 0 Å². The molecule has 1 aromatic carbocycles. The highest BCUT2D eigenvalue weighted by molar-refractivity contribution is 5.51. The number of hydrogen-bond acceptors (Lipinski definition) is 5. The van der Waals surface area contributed by atoms with Crippen molar-refractivity contribution in [2.75, 3.05) is 6.54 Å². The van der Waals surface area contributed by atoms with Gasteiger partial charge in [0.2, 0.25) is 0 Å². The highest BCUT2D eigenvalue weighted by Gasteiger charge is 2.17. The van der Waals surface area contributed by atoms with Crippen molar-refractivity contribution < 1.29 is 9.31 Å². The molecule has 21 heavy (non-hydrogen) atoms. The Kier molecular flexibility index (Phi) is 4.59. The Morgan fingerprint density at radius 2 is 2.24 bits per heavy atom. The molecule has 0 spiro atoms. The minimum Gasteiger partial charge on any atom is -0.311 e. The fourth-order valence-electron chi connectivity index (χ4n) is 1.82. The van der Waals surface area contributed by atoms with Crippen molar-refractivity contribution in [1.82, 2.24) is 20.3 Å². The van der Waals surface area contributed by atoms with Gasteiger partial charge in [0.05, 0.1) is 16.8 Å². The summed E-state index contributed by atoms with van der Waals surface area (Å²) in [6.45, 7) is 5.49. The lowest BCUT2D eigenvalue weighted by molar-refractivity contribution is -0.384. The molecule has 0 unspecified atom stereocenters. The first-order chi connectivity index (χ1) is 9.97. The van der Waals surface area contributed by atoms with E-state index in [1.807, 2.05) is 0 Å². The topological polar surface area (TPSA) is 85.9 Å². The van der Waals surface area contributed by atoms with Crippen LogP contribution in [0.2, 0.25) is 0 Å². The predicted octanol–water partition coefficient (Wildman–Crippen LogP) is 2.06. The first-order valence-corrected chi connectivity index (χ1v) is 6.53. The second-order valence-electron chi connectivity index (χ2n) is 5.07. The fraction of sp³-hybridized carbons (Fsp3) is 0.385. The fourth-order valence-corrected chi connectivity index (χ4v) is 1.82. The van der Waals surface area contributed by atoms with E-state index in [0.717, 1.165) is 24.7 Å². The maximum absolute atomic E-state index is 13.3.